The van der Waals surface area contributed by atoms with Gasteiger partial charge < -0.3 is 14.3 Å². The van der Waals surface area contributed by atoms with Gasteiger partial charge in [0, 0.05) is 30.0 Å². The fraction of sp³-hybridized carbons (Fsp3) is 0.462. The van der Waals surface area contributed by atoms with E-state index in [0.29, 0.717) is 28.7 Å². The third-order valence-electron chi connectivity index (χ3n) is 6.94. The number of ketones is 1. The Bertz CT molecular complexity index is 971. The Labute approximate surface area is 195 Å². The number of aromatic carboxylic acids is 1. The molecule has 4 rings (SSSR count). The number of hydrogen-bond donors (Lipinski definition) is 1. The van der Waals surface area contributed by atoms with Crippen molar-refractivity contribution in [1.82, 2.24) is 0 Å². The van der Waals surface area contributed by atoms with Crippen molar-refractivity contribution in [3.63, 3.8) is 0 Å². The molecule has 1 N–H and O–H groups in total. The molecule has 7 heteroatoms. The molecule has 0 aromatic heterocycles. The zero-order chi connectivity index (χ0) is 24.2. The summed E-state index contributed by atoms with van der Waals surface area (Å²) in [4.78, 5) is 41.5. The first kappa shape index (κ1) is 24.6. The van der Waals surface area contributed by atoms with Crippen LogP contribution in [0.25, 0.3) is 0 Å². The fourth-order valence-corrected chi connectivity index (χ4v) is 4.70. The number of rotatable bonds is 10. The maximum absolute atomic E-state index is 13.0. The lowest BCUT2D eigenvalue weighted by molar-refractivity contribution is -0.938. The van der Waals surface area contributed by atoms with Crippen LogP contribution in [0, 0.1) is 5.92 Å². The number of esters is 1. The van der Waals surface area contributed by atoms with E-state index < -0.39 is 18.0 Å². The van der Waals surface area contributed by atoms with Gasteiger partial charge in [0.1, 0.15) is 13.1 Å². The van der Waals surface area contributed by atoms with Crippen molar-refractivity contribution >= 4 is 23.4 Å². The van der Waals surface area contributed by atoms with E-state index in [2.05, 4.69) is 18.2 Å². The van der Waals surface area contributed by atoms with Gasteiger partial charge in [-0.25, -0.2) is 9.59 Å². The van der Waals surface area contributed by atoms with Crippen LogP contribution >= 0.6 is 0 Å². The number of hydrogen-bond acceptors (Lipinski definition) is 5. The molecule has 3 heterocycles. The monoisotopic (exact) mass is 453 g/mol. The molecule has 3 fully saturated rings. The number of carboxylic acid groups (broad SMARTS) is 1. The molecule has 2 unspecified atom stereocenters. The van der Waals surface area contributed by atoms with Crippen molar-refractivity contribution in [3.05, 3.63) is 60.2 Å². The van der Waals surface area contributed by atoms with E-state index in [-0.39, 0.29) is 23.4 Å². The van der Waals surface area contributed by atoms with E-state index in [9.17, 15) is 14.4 Å². The molecular weight excluding hydrogens is 420 g/mol. The summed E-state index contributed by atoms with van der Waals surface area (Å²) in [7, 11) is 0. The molecule has 1 aromatic rings. The number of quaternary nitrogens is 1. The molecule has 2 bridgehead atoms. The van der Waals surface area contributed by atoms with E-state index in [1.165, 1.54) is 18.2 Å². The molecule has 176 valence electrons. The normalized spacial score (nSPS) is 25.2. The average Bonchev–Trinajstić information content (AvgIpc) is 2.82. The van der Waals surface area contributed by atoms with Crippen molar-refractivity contribution in [2.45, 2.75) is 45.3 Å². The molecule has 3 aliphatic rings. The van der Waals surface area contributed by atoms with Crippen molar-refractivity contribution in [1.29, 1.82) is 0 Å². The van der Waals surface area contributed by atoms with Crippen LogP contribution in [0.5, 0.6) is 0 Å². The second-order valence-corrected chi connectivity index (χ2v) is 9.15. The van der Waals surface area contributed by atoms with Gasteiger partial charge in [0.15, 0.2) is 12.1 Å². The minimum Gasteiger partial charge on any atom is -0.478 e. The van der Waals surface area contributed by atoms with Gasteiger partial charge in [-0.3, -0.25) is 9.79 Å². The topological polar surface area (TPSA) is 93.0 Å². The number of carboxylic acids is 1. The molecule has 0 radical (unpaired) electrons. The Morgan fingerprint density at radius 3 is 2.36 bits per heavy atom. The summed E-state index contributed by atoms with van der Waals surface area (Å²) in [6.45, 7) is 14.1. The number of Topliss-reactive ketones (excluding diaryl/α,β-unsaturated/α-hetero) is 1. The summed E-state index contributed by atoms with van der Waals surface area (Å²) in [5.41, 5.74) is 2.01. The SMILES string of the molecule is C=CC(=C)C(N=C(C)CC)C(=O)OC1C[N+]2(CC(=O)c3ccc(C(=O)O)cc3)CCC1CC2. The Hall–Kier alpha value is -3.06. The number of ether oxygens (including phenoxy) is 1. The van der Waals surface area contributed by atoms with Crippen LogP contribution in [0.3, 0.4) is 0 Å². The molecule has 0 saturated carbocycles. The van der Waals surface area contributed by atoms with E-state index in [4.69, 9.17) is 9.84 Å². The standard InChI is InChI=1S/C26H32N2O5/c1-5-17(3)24(27-18(4)6-2)26(32)33-23-16-28(13-11-20(23)12-14-28)15-22(29)19-7-9-21(10-8-19)25(30)31/h5,7-10,20,23-24H,1,3,6,11-16H2,2,4H3/p+1. The molecule has 2 atom stereocenters. The fourth-order valence-electron chi connectivity index (χ4n) is 4.70. The molecule has 0 amide bonds. The Morgan fingerprint density at radius 1 is 1.21 bits per heavy atom. The smallest absolute Gasteiger partial charge is 0.335 e. The van der Waals surface area contributed by atoms with Crippen LogP contribution in [-0.2, 0) is 9.53 Å². The van der Waals surface area contributed by atoms with Crippen LogP contribution in [-0.4, -0.2) is 71.3 Å². The number of fused-ring (bicyclic) bond motifs is 3. The van der Waals surface area contributed by atoms with Crippen molar-refractivity contribution in [2.24, 2.45) is 10.9 Å². The van der Waals surface area contributed by atoms with Crippen LogP contribution in [0.4, 0.5) is 0 Å². The molecule has 33 heavy (non-hydrogen) atoms. The first-order valence-corrected chi connectivity index (χ1v) is 11.4. The number of benzene rings is 1. The quantitative estimate of drug-likeness (QED) is 0.192. The van der Waals surface area contributed by atoms with Gasteiger partial charge in [-0.1, -0.05) is 38.3 Å². The number of piperidine rings is 3. The predicted molar refractivity (Wildman–Crippen MR) is 127 cm³/mol. The molecule has 0 spiro atoms. The summed E-state index contributed by atoms with van der Waals surface area (Å²) in [6.07, 6.45) is 3.80. The maximum Gasteiger partial charge on any atom is 0.335 e. The van der Waals surface area contributed by atoms with E-state index in [1.807, 2.05) is 13.8 Å². The minimum absolute atomic E-state index is 0.0292. The van der Waals surface area contributed by atoms with E-state index in [1.54, 1.807) is 12.1 Å². The van der Waals surface area contributed by atoms with Crippen LogP contribution < -0.4 is 0 Å². The molecule has 7 nitrogen and oxygen atoms in total. The molecule has 3 aliphatic heterocycles. The number of carbonyl (C=O) groups is 3. The third kappa shape index (κ3) is 5.66. The summed E-state index contributed by atoms with van der Waals surface area (Å²) >= 11 is 0. The summed E-state index contributed by atoms with van der Waals surface area (Å²) in [6, 6.07) is 5.25. The van der Waals surface area contributed by atoms with Crippen molar-refractivity contribution in [3.8, 4) is 0 Å². The second-order valence-electron chi connectivity index (χ2n) is 9.15. The summed E-state index contributed by atoms with van der Waals surface area (Å²) in [5.74, 6) is -1.18. The Balaban J connectivity index is 1.71. The van der Waals surface area contributed by atoms with Gasteiger partial charge in [0.25, 0.3) is 0 Å². The summed E-state index contributed by atoms with van der Waals surface area (Å²) in [5, 5.41) is 9.06. The van der Waals surface area contributed by atoms with Gasteiger partial charge in [-0.2, -0.15) is 0 Å². The number of aliphatic imine (C=N–C) groups is 1. The molecular formula is C26H33N2O5+. The Morgan fingerprint density at radius 2 is 1.82 bits per heavy atom. The number of carbonyl (C=O) groups excluding carboxylic acids is 2. The van der Waals surface area contributed by atoms with Crippen LogP contribution in [0.15, 0.2) is 54.1 Å². The van der Waals surface area contributed by atoms with Crippen molar-refractivity contribution in [2.75, 3.05) is 26.2 Å². The second kappa shape index (κ2) is 10.3. The predicted octanol–water partition coefficient (Wildman–Crippen LogP) is 3.70. The third-order valence-corrected chi connectivity index (χ3v) is 6.94. The van der Waals surface area contributed by atoms with Crippen molar-refractivity contribution < 1.29 is 28.7 Å². The van der Waals surface area contributed by atoms with Gasteiger partial charge in [0.05, 0.1) is 18.7 Å². The molecule has 3 saturated heterocycles. The van der Waals surface area contributed by atoms with E-state index in [0.717, 1.165) is 38.1 Å². The maximum atomic E-state index is 13.0. The zero-order valence-electron chi connectivity index (χ0n) is 19.5. The lowest BCUT2D eigenvalue weighted by atomic mass is 9.82. The van der Waals surface area contributed by atoms with Gasteiger partial charge in [-0.15, -0.1) is 0 Å². The lowest BCUT2D eigenvalue weighted by Crippen LogP contribution is -2.66. The average molecular weight is 454 g/mol. The number of nitrogens with zero attached hydrogens (tertiary/aromatic N) is 2. The van der Waals surface area contributed by atoms with Crippen LogP contribution in [0.1, 0.15) is 53.8 Å². The lowest BCUT2D eigenvalue weighted by Gasteiger charge is -2.51. The zero-order valence-corrected chi connectivity index (χ0v) is 19.5. The molecule has 0 aliphatic carbocycles. The minimum atomic E-state index is -1.02. The largest absolute Gasteiger partial charge is 0.478 e. The first-order valence-electron chi connectivity index (χ1n) is 11.4. The highest BCUT2D eigenvalue weighted by Crippen LogP contribution is 2.36. The van der Waals surface area contributed by atoms with Gasteiger partial charge in [-0.05, 0) is 31.1 Å². The highest BCUT2D eigenvalue weighted by molar-refractivity contribution is 5.98. The van der Waals surface area contributed by atoms with Gasteiger partial charge in [0.2, 0.25) is 5.78 Å². The van der Waals surface area contributed by atoms with Gasteiger partial charge >= 0.3 is 11.9 Å². The van der Waals surface area contributed by atoms with E-state index >= 15 is 0 Å². The highest BCUT2D eigenvalue weighted by atomic mass is 16.5. The summed E-state index contributed by atoms with van der Waals surface area (Å²) < 4.78 is 6.54. The Kier molecular flexibility index (Phi) is 7.64. The first-order chi connectivity index (χ1) is 15.7. The molecule has 1 aromatic carbocycles. The highest BCUT2D eigenvalue weighted by Gasteiger charge is 2.49. The van der Waals surface area contributed by atoms with Crippen LogP contribution in [0.2, 0.25) is 0 Å².